The molecule has 0 aliphatic carbocycles. The Morgan fingerprint density at radius 3 is 2.83 bits per heavy atom. The van der Waals surface area contributed by atoms with Crippen molar-refractivity contribution in [1.29, 1.82) is 0 Å². The molecule has 1 aliphatic rings. The summed E-state index contributed by atoms with van der Waals surface area (Å²) in [7, 11) is 0. The number of aldehydes is 1. The normalized spacial score (nSPS) is 15.2. The molecule has 2 heterocycles. The second-order valence-corrected chi connectivity index (χ2v) is 3.82. The fraction of sp³-hybridized carbons (Fsp3) is 0.417. The quantitative estimate of drug-likeness (QED) is 0.710. The molecule has 6 nitrogen and oxygen atoms in total. The third kappa shape index (κ3) is 3.27. The molecule has 96 valence electrons. The molecule has 0 aromatic carbocycles. The number of nitrogens with zero attached hydrogens (tertiary/aromatic N) is 2. The Kier molecular flexibility index (Phi) is 4.25. The van der Waals surface area contributed by atoms with Gasteiger partial charge in [-0.05, 0) is 12.1 Å². The molecule has 1 amide bonds. The van der Waals surface area contributed by atoms with Crippen molar-refractivity contribution in [3.05, 3.63) is 24.0 Å². The minimum Gasteiger partial charge on any atom is -0.482 e. The van der Waals surface area contributed by atoms with Crippen molar-refractivity contribution < 1.29 is 19.1 Å². The minimum absolute atomic E-state index is 0.0257. The van der Waals surface area contributed by atoms with Gasteiger partial charge in [0.1, 0.15) is 11.4 Å². The van der Waals surface area contributed by atoms with Crippen LogP contribution in [0.25, 0.3) is 0 Å². The maximum Gasteiger partial charge on any atom is 0.260 e. The molecular formula is C12H14N2O4. The number of pyridine rings is 1. The van der Waals surface area contributed by atoms with Gasteiger partial charge in [-0.1, -0.05) is 0 Å². The van der Waals surface area contributed by atoms with E-state index in [-0.39, 0.29) is 12.5 Å². The molecule has 0 radical (unpaired) electrons. The molecule has 0 unspecified atom stereocenters. The maximum absolute atomic E-state index is 11.8. The first-order valence-corrected chi connectivity index (χ1v) is 5.69. The molecule has 2 rings (SSSR count). The Labute approximate surface area is 105 Å². The third-order valence-electron chi connectivity index (χ3n) is 2.61. The summed E-state index contributed by atoms with van der Waals surface area (Å²) in [5.74, 6) is 0.403. The number of aromatic nitrogens is 1. The maximum atomic E-state index is 11.8. The van der Waals surface area contributed by atoms with Gasteiger partial charge in [-0.25, -0.2) is 4.98 Å². The fourth-order valence-electron chi connectivity index (χ4n) is 1.60. The van der Waals surface area contributed by atoms with Crippen LogP contribution in [0.3, 0.4) is 0 Å². The van der Waals surface area contributed by atoms with Crippen LogP contribution in [-0.2, 0) is 9.53 Å². The van der Waals surface area contributed by atoms with E-state index in [4.69, 9.17) is 9.47 Å². The molecule has 1 aliphatic heterocycles. The number of ether oxygens (including phenoxy) is 2. The van der Waals surface area contributed by atoms with Crippen LogP contribution >= 0.6 is 0 Å². The van der Waals surface area contributed by atoms with Crippen LogP contribution in [0.1, 0.15) is 10.5 Å². The van der Waals surface area contributed by atoms with Crippen LogP contribution in [0.2, 0.25) is 0 Å². The van der Waals surface area contributed by atoms with Gasteiger partial charge in [-0.15, -0.1) is 0 Å². The van der Waals surface area contributed by atoms with Crippen LogP contribution in [-0.4, -0.2) is 55.0 Å². The number of rotatable bonds is 4. The van der Waals surface area contributed by atoms with Gasteiger partial charge in [0.15, 0.2) is 12.9 Å². The smallest absolute Gasteiger partial charge is 0.260 e. The van der Waals surface area contributed by atoms with E-state index in [1.54, 1.807) is 17.0 Å². The highest BCUT2D eigenvalue weighted by atomic mass is 16.5. The average molecular weight is 250 g/mol. The van der Waals surface area contributed by atoms with Crippen molar-refractivity contribution in [1.82, 2.24) is 9.88 Å². The Morgan fingerprint density at radius 1 is 1.44 bits per heavy atom. The lowest BCUT2D eigenvalue weighted by molar-refractivity contribution is -0.137. The number of carbonyl (C=O) groups excluding carboxylic acids is 2. The van der Waals surface area contributed by atoms with E-state index in [0.29, 0.717) is 44.0 Å². The molecule has 1 saturated heterocycles. The summed E-state index contributed by atoms with van der Waals surface area (Å²) in [5, 5.41) is 0. The third-order valence-corrected chi connectivity index (χ3v) is 2.61. The molecule has 0 saturated carbocycles. The number of morpholine rings is 1. The topological polar surface area (TPSA) is 68.7 Å². The lowest BCUT2D eigenvalue weighted by atomic mass is 10.3. The minimum atomic E-state index is -0.0715. The number of amides is 1. The van der Waals surface area contributed by atoms with E-state index < -0.39 is 0 Å². The Hall–Kier alpha value is -1.95. The molecular weight excluding hydrogens is 236 g/mol. The van der Waals surface area contributed by atoms with Gasteiger partial charge in [0.2, 0.25) is 0 Å². The summed E-state index contributed by atoms with van der Waals surface area (Å²) in [6.45, 7) is 2.32. The van der Waals surface area contributed by atoms with E-state index in [1.165, 1.54) is 6.20 Å². The number of hydrogen-bond donors (Lipinski definition) is 0. The van der Waals surface area contributed by atoms with Crippen LogP contribution < -0.4 is 4.74 Å². The standard InChI is InChI=1S/C12H14N2O4/c15-8-10-1-2-11(7-13-10)18-9-12(16)14-3-5-17-6-4-14/h1-2,7-8H,3-6,9H2. The van der Waals surface area contributed by atoms with Crippen LogP contribution in [0, 0.1) is 0 Å². The number of hydrogen-bond acceptors (Lipinski definition) is 5. The van der Waals surface area contributed by atoms with Crippen molar-refractivity contribution in [2.24, 2.45) is 0 Å². The van der Waals surface area contributed by atoms with Crippen molar-refractivity contribution >= 4 is 12.2 Å². The van der Waals surface area contributed by atoms with E-state index in [9.17, 15) is 9.59 Å². The Balaban J connectivity index is 1.82. The van der Waals surface area contributed by atoms with E-state index in [2.05, 4.69) is 4.98 Å². The zero-order valence-electron chi connectivity index (χ0n) is 9.87. The van der Waals surface area contributed by atoms with Crippen LogP contribution in [0.15, 0.2) is 18.3 Å². The lowest BCUT2D eigenvalue weighted by Crippen LogP contribution is -2.42. The van der Waals surface area contributed by atoms with Gasteiger partial charge < -0.3 is 14.4 Å². The van der Waals surface area contributed by atoms with Crippen molar-refractivity contribution in [2.45, 2.75) is 0 Å². The predicted molar refractivity (Wildman–Crippen MR) is 62.5 cm³/mol. The molecule has 0 N–H and O–H groups in total. The summed E-state index contributed by atoms with van der Waals surface area (Å²) in [6.07, 6.45) is 2.08. The first-order chi connectivity index (χ1) is 8.79. The van der Waals surface area contributed by atoms with Crippen molar-refractivity contribution in [3.8, 4) is 5.75 Å². The van der Waals surface area contributed by atoms with Gasteiger partial charge in [0.25, 0.3) is 5.91 Å². The average Bonchev–Trinajstić information content (AvgIpc) is 2.46. The molecule has 1 aromatic heterocycles. The van der Waals surface area contributed by atoms with Crippen LogP contribution in [0.4, 0.5) is 0 Å². The predicted octanol–water partition coefficient (Wildman–Crippen LogP) is 0.132. The first kappa shape index (κ1) is 12.5. The Morgan fingerprint density at radius 2 is 2.22 bits per heavy atom. The summed E-state index contributed by atoms with van der Waals surface area (Å²) in [6, 6.07) is 3.16. The van der Waals surface area contributed by atoms with E-state index in [0.717, 1.165) is 0 Å². The first-order valence-electron chi connectivity index (χ1n) is 5.69. The number of carbonyl (C=O) groups is 2. The Bertz CT molecular complexity index is 413. The lowest BCUT2D eigenvalue weighted by Gasteiger charge is -2.26. The van der Waals surface area contributed by atoms with Gasteiger partial charge in [0.05, 0.1) is 19.4 Å². The van der Waals surface area contributed by atoms with Crippen LogP contribution in [0.5, 0.6) is 5.75 Å². The highest BCUT2D eigenvalue weighted by Gasteiger charge is 2.16. The monoisotopic (exact) mass is 250 g/mol. The van der Waals surface area contributed by atoms with Crippen molar-refractivity contribution in [2.75, 3.05) is 32.9 Å². The largest absolute Gasteiger partial charge is 0.482 e. The molecule has 0 atom stereocenters. The summed E-state index contributed by atoms with van der Waals surface area (Å²) in [4.78, 5) is 27.7. The second-order valence-electron chi connectivity index (χ2n) is 3.82. The SMILES string of the molecule is O=Cc1ccc(OCC(=O)N2CCOCC2)cn1. The van der Waals surface area contributed by atoms with Gasteiger partial charge >= 0.3 is 0 Å². The molecule has 1 fully saturated rings. The zero-order chi connectivity index (χ0) is 12.8. The molecule has 0 spiro atoms. The summed E-state index contributed by atoms with van der Waals surface area (Å²) in [5.41, 5.74) is 0.335. The van der Waals surface area contributed by atoms with Gasteiger partial charge in [0, 0.05) is 13.1 Å². The second kappa shape index (κ2) is 6.11. The van der Waals surface area contributed by atoms with Crippen molar-refractivity contribution in [3.63, 3.8) is 0 Å². The van der Waals surface area contributed by atoms with E-state index in [1.807, 2.05) is 0 Å². The van der Waals surface area contributed by atoms with Gasteiger partial charge in [-0.2, -0.15) is 0 Å². The highest BCUT2D eigenvalue weighted by molar-refractivity contribution is 5.77. The fourth-order valence-corrected chi connectivity index (χ4v) is 1.60. The molecule has 1 aromatic rings. The molecule has 0 bridgehead atoms. The zero-order valence-corrected chi connectivity index (χ0v) is 9.87. The summed E-state index contributed by atoms with van der Waals surface area (Å²) < 4.78 is 10.5. The van der Waals surface area contributed by atoms with Gasteiger partial charge in [-0.3, -0.25) is 9.59 Å². The van der Waals surface area contributed by atoms with E-state index >= 15 is 0 Å². The highest BCUT2D eigenvalue weighted by Crippen LogP contribution is 2.08. The molecule has 18 heavy (non-hydrogen) atoms. The molecule has 6 heteroatoms. The summed E-state index contributed by atoms with van der Waals surface area (Å²) >= 11 is 0.